The van der Waals surface area contributed by atoms with Crippen LogP contribution in [-0.2, 0) is 6.67 Å². The lowest BCUT2D eigenvalue weighted by Gasteiger charge is -2.31. The molecule has 0 spiro atoms. The molecule has 2 aromatic carbocycles. The first-order chi connectivity index (χ1) is 13.7. The number of benzene rings is 2. The molecular formula is C20H19N5O3. The van der Waals surface area contributed by atoms with E-state index in [1.807, 2.05) is 28.9 Å². The van der Waals surface area contributed by atoms with Crippen LogP contribution in [0, 0.1) is 10.1 Å². The van der Waals surface area contributed by atoms with E-state index in [9.17, 15) is 10.1 Å². The number of oxazole rings is 1. The molecule has 0 amide bonds. The molecule has 0 saturated carbocycles. The molecule has 1 fully saturated rings. The Balaban J connectivity index is 1.35. The largest absolute Gasteiger partial charge is 0.440 e. The van der Waals surface area contributed by atoms with Crippen molar-refractivity contribution in [2.45, 2.75) is 25.4 Å². The average molecular weight is 377 g/mol. The van der Waals surface area contributed by atoms with Gasteiger partial charge in [0, 0.05) is 30.0 Å². The van der Waals surface area contributed by atoms with E-state index in [-0.39, 0.29) is 16.5 Å². The predicted octanol–water partition coefficient (Wildman–Crippen LogP) is 3.92. The summed E-state index contributed by atoms with van der Waals surface area (Å²) in [4.78, 5) is 17.6. The van der Waals surface area contributed by atoms with Crippen LogP contribution in [0.4, 0.5) is 5.69 Å². The molecule has 0 bridgehead atoms. The van der Waals surface area contributed by atoms with Crippen molar-refractivity contribution in [1.29, 1.82) is 0 Å². The van der Waals surface area contributed by atoms with Crippen LogP contribution >= 0.6 is 0 Å². The zero-order valence-electron chi connectivity index (χ0n) is 15.2. The minimum atomic E-state index is -0.383. The van der Waals surface area contributed by atoms with Gasteiger partial charge in [0.2, 0.25) is 0 Å². The molecule has 28 heavy (non-hydrogen) atoms. The highest BCUT2D eigenvalue weighted by Gasteiger charge is 2.26. The number of piperidine rings is 1. The van der Waals surface area contributed by atoms with Crippen molar-refractivity contribution in [3.63, 3.8) is 0 Å². The van der Waals surface area contributed by atoms with Crippen molar-refractivity contribution < 1.29 is 9.34 Å². The maximum absolute atomic E-state index is 11.0. The number of rotatable bonds is 4. The van der Waals surface area contributed by atoms with E-state index in [1.54, 1.807) is 18.3 Å². The second kappa shape index (κ2) is 6.72. The summed E-state index contributed by atoms with van der Waals surface area (Å²) in [6.45, 7) is 2.46. The molecule has 1 atom stereocenters. The van der Waals surface area contributed by atoms with Gasteiger partial charge >= 0.3 is 0 Å². The van der Waals surface area contributed by atoms with E-state index in [0.29, 0.717) is 6.67 Å². The zero-order chi connectivity index (χ0) is 19.1. The summed E-state index contributed by atoms with van der Waals surface area (Å²) < 4.78 is 7.87. The third-order valence-corrected chi connectivity index (χ3v) is 5.34. The lowest BCUT2D eigenvalue weighted by atomic mass is 9.98. The number of likely N-dealkylation sites (tertiary alicyclic amines) is 1. The summed E-state index contributed by atoms with van der Waals surface area (Å²) in [5.74, 6) is 1.05. The number of para-hydroxylation sites is 2. The number of nitrogens with zero attached hydrogens (tertiary/aromatic N) is 5. The minimum Gasteiger partial charge on any atom is -0.440 e. The van der Waals surface area contributed by atoms with Crippen molar-refractivity contribution in [3.05, 3.63) is 64.7 Å². The van der Waals surface area contributed by atoms with E-state index in [2.05, 4.69) is 15.0 Å². The number of nitro benzene ring substituents is 1. The van der Waals surface area contributed by atoms with Gasteiger partial charge in [0.25, 0.3) is 5.69 Å². The minimum absolute atomic E-state index is 0.0843. The molecule has 4 aromatic rings. The van der Waals surface area contributed by atoms with Crippen molar-refractivity contribution in [2.75, 3.05) is 13.1 Å². The SMILES string of the molecule is O=[N+]([O-])c1ccc2c(cnn2CN2CCC[C@@H](c3nc4ccccc4o3)C2)c1. The number of fused-ring (bicyclic) bond motifs is 2. The van der Waals surface area contributed by atoms with Gasteiger partial charge in [-0.25, -0.2) is 4.98 Å². The number of aromatic nitrogens is 3. The van der Waals surface area contributed by atoms with Crippen LogP contribution in [0.3, 0.4) is 0 Å². The van der Waals surface area contributed by atoms with Crippen molar-refractivity contribution in [2.24, 2.45) is 0 Å². The first-order valence-corrected chi connectivity index (χ1v) is 9.35. The van der Waals surface area contributed by atoms with Crippen LogP contribution in [0.5, 0.6) is 0 Å². The second-order valence-electron chi connectivity index (χ2n) is 7.22. The zero-order valence-corrected chi connectivity index (χ0v) is 15.2. The molecule has 0 unspecified atom stereocenters. The topological polar surface area (TPSA) is 90.2 Å². The first-order valence-electron chi connectivity index (χ1n) is 9.35. The Hall–Kier alpha value is -3.26. The lowest BCUT2D eigenvalue weighted by Crippen LogP contribution is -2.36. The van der Waals surface area contributed by atoms with Gasteiger partial charge in [0.15, 0.2) is 11.5 Å². The highest BCUT2D eigenvalue weighted by atomic mass is 16.6. The fourth-order valence-electron chi connectivity index (χ4n) is 3.94. The normalized spacial score (nSPS) is 18.1. The Kier molecular flexibility index (Phi) is 4.05. The summed E-state index contributed by atoms with van der Waals surface area (Å²) in [6, 6.07) is 12.7. The van der Waals surface area contributed by atoms with Gasteiger partial charge in [-0.1, -0.05) is 12.1 Å². The van der Waals surface area contributed by atoms with Crippen LogP contribution in [-0.4, -0.2) is 37.7 Å². The molecule has 0 radical (unpaired) electrons. The van der Waals surface area contributed by atoms with Gasteiger partial charge in [0.1, 0.15) is 5.52 Å². The fourth-order valence-corrected chi connectivity index (χ4v) is 3.94. The number of hydrogen-bond donors (Lipinski definition) is 0. The van der Waals surface area contributed by atoms with E-state index < -0.39 is 0 Å². The van der Waals surface area contributed by atoms with E-state index in [0.717, 1.165) is 53.8 Å². The summed E-state index contributed by atoms with van der Waals surface area (Å²) in [5.41, 5.74) is 2.71. The van der Waals surface area contributed by atoms with E-state index in [1.165, 1.54) is 6.07 Å². The highest BCUT2D eigenvalue weighted by Crippen LogP contribution is 2.29. The van der Waals surface area contributed by atoms with Crippen LogP contribution < -0.4 is 0 Å². The first kappa shape index (κ1) is 16.9. The number of non-ortho nitro benzene ring substituents is 1. The average Bonchev–Trinajstić information content (AvgIpc) is 3.32. The maximum atomic E-state index is 11.0. The van der Waals surface area contributed by atoms with E-state index in [4.69, 9.17) is 4.42 Å². The molecular weight excluding hydrogens is 358 g/mol. The Morgan fingerprint density at radius 1 is 1.25 bits per heavy atom. The summed E-state index contributed by atoms with van der Waals surface area (Å²) in [6.07, 6.45) is 3.80. The molecule has 0 aliphatic carbocycles. The van der Waals surface area contributed by atoms with Gasteiger partial charge in [-0.3, -0.25) is 19.7 Å². The van der Waals surface area contributed by atoms with Gasteiger partial charge in [-0.05, 0) is 37.6 Å². The van der Waals surface area contributed by atoms with E-state index >= 15 is 0 Å². The quantitative estimate of drug-likeness (QED) is 0.395. The van der Waals surface area contributed by atoms with Gasteiger partial charge in [-0.15, -0.1) is 0 Å². The molecule has 142 valence electrons. The standard InChI is InChI=1S/C20H19N5O3/c26-25(27)16-7-8-18-15(10-16)11-21-24(18)13-23-9-3-4-14(12-23)20-22-17-5-1-2-6-19(17)28-20/h1-2,5-8,10-11,14H,3-4,9,12-13H2/t14-/m1/s1. The summed E-state index contributed by atoms with van der Waals surface area (Å²) in [5, 5.41) is 16.2. The lowest BCUT2D eigenvalue weighted by molar-refractivity contribution is -0.384. The second-order valence-corrected chi connectivity index (χ2v) is 7.22. The Bertz CT molecular complexity index is 1130. The molecule has 3 heterocycles. The number of hydrogen-bond acceptors (Lipinski definition) is 6. The maximum Gasteiger partial charge on any atom is 0.270 e. The third-order valence-electron chi connectivity index (χ3n) is 5.34. The van der Waals surface area contributed by atoms with Crippen LogP contribution in [0.15, 0.2) is 53.1 Å². The van der Waals surface area contributed by atoms with Crippen molar-refractivity contribution in [3.8, 4) is 0 Å². The monoisotopic (exact) mass is 377 g/mol. The van der Waals surface area contributed by atoms with Gasteiger partial charge in [0.05, 0.1) is 23.3 Å². The smallest absolute Gasteiger partial charge is 0.270 e. The molecule has 0 N–H and O–H groups in total. The molecule has 2 aromatic heterocycles. The summed E-state index contributed by atoms with van der Waals surface area (Å²) in [7, 11) is 0. The Labute approximate surface area is 160 Å². The van der Waals surface area contributed by atoms with Crippen molar-refractivity contribution >= 4 is 27.7 Å². The van der Waals surface area contributed by atoms with Crippen LogP contribution in [0.1, 0.15) is 24.7 Å². The molecule has 8 heteroatoms. The molecule has 1 saturated heterocycles. The summed E-state index contributed by atoms with van der Waals surface area (Å²) >= 11 is 0. The van der Waals surface area contributed by atoms with Crippen LogP contribution in [0.25, 0.3) is 22.0 Å². The third kappa shape index (κ3) is 3.01. The Morgan fingerprint density at radius 2 is 2.14 bits per heavy atom. The van der Waals surface area contributed by atoms with Gasteiger partial charge in [-0.2, -0.15) is 5.10 Å². The van der Waals surface area contributed by atoms with Crippen LogP contribution in [0.2, 0.25) is 0 Å². The molecule has 1 aliphatic heterocycles. The highest BCUT2D eigenvalue weighted by molar-refractivity contribution is 5.81. The number of nitro groups is 1. The molecule has 1 aliphatic rings. The fraction of sp³-hybridized carbons (Fsp3) is 0.300. The van der Waals surface area contributed by atoms with Crippen molar-refractivity contribution in [1.82, 2.24) is 19.7 Å². The molecule has 8 nitrogen and oxygen atoms in total. The van der Waals surface area contributed by atoms with Gasteiger partial charge < -0.3 is 4.42 Å². The Morgan fingerprint density at radius 3 is 3.00 bits per heavy atom. The molecule has 5 rings (SSSR count). The predicted molar refractivity (Wildman–Crippen MR) is 104 cm³/mol.